The number of aryl methyl sites for hydroxylation is 1. The predicted molar refractivity (Wildman–Crippen MR) is 113 cm³/mol. The molecule has 2 aromatic carbocycles. The van der Waals surface area contributed by atoms with E-state index < -0.39 is 0 Å². The molecule has 0 bridgehead atoms. The number of halogens is 2. The number of hydrogen-bond donors (Lipinski definition) is 0. The van der Waals surface area contributed by atoms with Crippen molar-refractivity contribution in [1.29, 1.82) is 0 Å². The van der Waals surface area contributed by atoms with Crippen LogP contribution in [0, 0.1) is 0 Å². The van der Waals surface area contributed by atoms with Crippen molar-refractivity contribution in [3.05, 3.63) is 63.8 Å². The van der Waals surface area contributed by atoms with Crippen LogP contribution in [0.25, 0.3) is 10.9 Å². The number of piperidine rings is 1. The molecule has 2 heterocycles. The van der Waals surface area contributed by atoms with E-state index in [2.05, 4.69) is 40.8 Å². The van der Waals surface area contributed by atoms with E-state index in [4.69, 9.17) is 27.9 Å². The van der Waals surface area contributed by atoms with Gasteiger partial charge in [-0.15, -0.1) is 0 Å². The van der Waals surface area contributed by atoms with Crippen LogP contribution in [0.2, 0.25) is 10.0 Å². The van der Waals surface area contributed by atoms with Gasteiger partial charge in [-0.3, -0.25) is 4.90 Å². The van der Waals surface area contributed by atoms with Crippen LogP contribution in [0.15, 0.2) is 42.5 Å². The van der Waals surface area contributed by atoms with Gasteiger partial charge in [-0.1, -0.05) is 47.8 Å². The molecule has 27 heavy (non-hydrogen) atoms. The van der Waals surface area contributed by atoms with Crippen molar-refractivity contribution in [2.24, 2.45) is 7.05 Å². The van der Waals surface area contributed by atoms with E-state index in [9.17, 15) is 0 Å². The lowest BCUT2D eigenvalue weighted by Gasteiger charge is -2.26. The van der Waals surface area contributed by atoms with E-state index in [1.807, 2.05) is 6.07 Å². The maximum absolute atomic E-state index is 6.13. The van der Waals surface area contributed by atoms with Crippen LogP contribution in [0.4, 0.5) is 0 Å². The Balaban J connectivity index is 1.64. The van der Waals surface area contributed by atoms with Crippen LogP contribution in [0.3, 0.4) is 0 Å². The van der Waals surface area contributed by atoms with E-state index in [1.54, 1.807) is 12.1 Å². The first-order chi connectivity index (χ1) is 13.1. The summed E-state index contributed by atoms with van der Waals surface area (Å²) in [5.74, 6) is 0.735. The SMILES string of the molecule is Cn1c(COc2ccc(Cl)c(Cl)c2)c(CN2CCCCC2)c2ccccc21. The van der Waals surface area contributed by atoms with Gasteiger partial charge >= 0.3 is 0 Å². The quantitative estimate of drug-likeness (QED) is 0.516. The van der Waals surface area contributed by atoms with E-state index in [-0.39, 0.29) is 0 Å². The average Bonchev–Trinajstić information content (AvgIpc) is 2.95. The molecule has 1 fully saturated rings. The van der Waals surface area contributed by atoms with Gasteiger partial charge < -0.3 is 9.30 Å². The fourth-order valence-electron chi connectivity index (χ4n) is 3.94. The van der Waals surface area contributed by atoms with Crippen molar-refractivity contribution in [2.45, 2.75) is 32.4 Å². The Labute approximate surface area is 170 Å². The summed E-state index contributed by atoms with van der Waals surface area (Å²) in [4.78, 5) is 2.56. The molecule has 5 heteroatoms. The first-order valence-electron chi connectivity index (χ1n) is 9.49. The number of fused-ring (bicyclic) bond motifs is 1. The van der Waals surface area contributed by atoms with Crippen LogP contribution in [0.5, 0.6) is 5.75 Å². The van der Waals surface area contributed by atoms with Crippen LogP contribution >= 0.6 is 23.2 Å². The number of benzene rings is 2. The second-order valence-corrected chi connectivity index (χ2v) is 8.02. The minimum absolute atomic E-state index is 0.506. The highest BCUT2D eigenvalue weighted by molar-refractivity contribution is 6.42. The van der Waals surface area contributed by atoms with Crippen molar-refractivity contribution in [1.82, 2.24) is 9.47 Å². The van der Waals surface area contributed by atoms with Gasteiger partial charge in [-0.05, 0) is 49.7 Å². The monoisotopic (exact) mass is 402 g/mol. The zero-order chi connectivity index (χ0) is 18.8. The highest BCUT2D eigenvalue weighted by Gasteiger charge is 2.19. The molecular formula is C22H24Cl2N2O. The van der Waals surface area contributed by atoms with E-state index in [1.165, 1.54) is 54.5 Å². The zero-order valence-corrected chi connectivity index (χ0v) is 17.1. The number of likely N-dealkylation sites (tertiary alicyclic amines) is 1. The minimum Gasteiger partial charge on any atom is -0.487 e. The second kappa shape index (κ2) is 8.14. The Hall–Kier alpha value is -1.68. The smallest absolute Gasteiger partial charge is 0.129 e. The predicted octanol–water partition coefficient (Wildman–Crippen LogP) is 6.05. The summed E-state index contributed by atoms with van der Waals surface area (Å²) in [6.45, 7) is 3.83. The Morgan fingerprint density at radius 2 is 1.74 bits per heavy atom. The molecule has 3 nitrogen and oxygen atoms in total. The molecule has 4 rings (SSSR count). The first kappa shape index (κ1) is 18.7. The van der Waals surface area contributed by atoms with Gasteiger partial charge in [0.25, 0.3) is 0 Å². The normalized spacial score (nSPS) is 15.4. The van der Waals surface area contributed by atoms with E-state index in [0.29, 0.717) is 16.7 Å². The lowest BCUT2D eigenvalue weighted by Crippen LogP contribution is -2.29. The lowest BCUT2D eigenvalue weighted by atomic mass is 10.1. The van der Waals surface area contributed by atoms with Gasteiger partial charge in [0.15, 0.2) is 0 Å². The molecule has 1 aromatic heterocycles. The summed E-state index contributed by atoms with van der Waals surface area (Å²) in [6, 6.07) is 14.0. The van der Waals surface area contributed by atoms with Gasteiger partial charge in [0.2, 0.25) is 0 Å². The maximum Gasteiger partial charge on any atom is 0.129 e. The third-order valence-corrected chi connectivity index (χ3v) is 6.18. The van der Waals surface area contributed by atoms with Gasteiger partial charge in [-0.25, -0.2) is 0 Å². The fourth-order valence-corrected chi connectivity index (χ4v) is 4.23. The Bertz CT molecular complexity index is 945. The summed E-state index contributed by atoms with van der Waals surface area (Å²) in [6.07, 6.45) is 3.93. The third-order valence-electron chi connectivity index (χ3n) is 5.44. The zero-order valence-electron chi connectivity index (χ0n) is 15.5. The average molecular weight is 403 g/mol. The third kappa shape index (κ3) is 3.96. The number of rotatable bonds is 5. The van der Waals surface area contributed by atoms with Crippen LogP contribution in [-0.2, 0) is 20.2 Å². The largest absolute Gasteiger partial charge is 0.487 e. The van der Waals surface area contributed by atoms with Crippen LogP contribution in [-0.4, -0.2) is 22.6 Å². The van der Waals surface area contributed by atoms with Crippen molar-refractivity contribution < 1.29 is 4.74 Å². The van der Waals surface area contributed by atoms with Gasteiger partial charge in [0, 0.05) is 30.6 Å². The summed E-state index contributed by atoms with van der Waals surface area (Å²) in [7, 11) is 2.12. The summed E-state index contributed by atoms with van der Waals surface area (Å²) < 4.78 is 8.34. The second-order valence-electron chi connectivity index (χ2n) is 7.20. The highest BCUT2D eigenvalue weighted by atomic mass is 35.5. The molecule has 0 unspecified atom stereocenters. The standard InChI is InChI=1S/C22H24Cl2N2O/c1-25-21-8-4-3-7-17(21)18(14-26-11-5-2-6-12-26)22(25)15-27-16-9-10-19(23)20(24)13-16/h3-4,7-10,13H,2,5-6,11-12,14-15H2,1H3. The number of para-hydroxylation sites is 1. The molecule has 142 valence electrons. The van der Waals surface area contributed by atoms with Crippen LogP contribution < -0.4 is 4.74 Å². The van der Waals surface area contributed by atoms with Gasteiger partial charge in [0.1, 0.15) is 12.4 Å². The Kier molecular flexibility index (Phi) is 5.63. The Morgan fingerprint density at radius 3 is 2.52 bits per heavy atom. The molecule has 0 N–H and O–H groups in total. The van der Waals surface area contributed by atoms with Crippen molar-refractivity contribution in [3.8, 4) is 5.75 Å². The minimum atomic E-state index is 0.506. The molecular weight excluding hydrogens is 379 g/mol. The molecule has 1 aliphatic rings. The highest BCUT2D eigenvalue weighted by Crippen LogP contribution is 2.30. The Morgan fingerprint density at radius 1 is 0.963 bits per heavy atom. The van der Waals surface area contributed by atoms with Gasteiger partial charge in [0.05, 0.1) is 15.7 Å². The number of nitrogens with zero attached hydrogens (tertiary/aromatic N) is 2. The molecule has 1 aliphatic heterocycles. The van der Waals surface area contributed by atoms with Crippen molar-refractivity contribution in [2.75, 3.05) is 13.1 Å². The maximum atomic E-state index is 6.13. The molecule has 0 atom stereocenters. The van der Waals surface area contributed by atoms with Crippen molar-refractivity contribution in [3.63, 3.8) is 0 Å². The number of aromatic nitrogens is 1. The number of ether oxygens (including phenoxy) is 1. The molecule has 0 spiro atoms. The summed E-state index contributed by atoms with van der Waals surface area (Å²) in [5, 5.41) is 2.37. The van der Waals surface area contributed by atoms with E-state index >= 15 is 0 Å². The van der Waals surface area contributed by atoms with Gasteiger partial charge in [-0.2, -0.15) is 0 Å². The molecule has 1 saturated heterocycles. The molecule has 3 aromatic rings. The molecule has 0 radical (unpaired) electrons. The summed E-state index contributed by atoms with van der Waals surface area (Å²) in [5.41, 5.74) is 3.83. The fraction of sp³-hybridized carbons (Fsp3) is 0.364. The van der Waals surface area contributed by atoms with Crippen LogP contribution in [0.1, 0.15) is 30.5 Å². The molecule has 0 aliphatic carbocycles. The van der Waals surface area contributed by atoms with E-state index in [0.717, 1.165) is 12.3 Å². The topological polar surface area (TPSA) is 17.4 Å². The number of hydrogen-bond acceptors (Lipinski definition) is 2. The molecule has 0 amide bonds. The van der Waals surface area contributed by atoms with Crippen molar-refractivity contribution >= 4 is 34.1 Å². The molecule has 0 saturated carbocycles. The summed E-state index contributed by atoms with van der Waals surface area (Å²) >= 11 is 12.1. The lowest BCUT2D eigenvalue weighted by molar-refractivity contribution is 0.218. The first-order valence-corrected chi connectivity index (χ1v) is 10.2.